The smallest absolute Gasteiger partial charge is 0.143 e. The highest BCUT2D eigenvalue weighted by Gasteiger charge is 2.20. The highest BCUT2D eigenvalue weighted by molar-refractivity contribution is 9.10. The molecular formula is C54H33BrO. The van der Waals surface area contributed by atoms with Crippen molar-refractivity contribution in [1.29, 1.82) is 0 Å². The van der Waals surface area contributed by atoms with Crippen LogP contribution >= 0.6 is 15.9 Å². The molecule has 11 rings (SSSR count). The molecule has 10 aromatic carbocycles. The van der Waals surface area contributed by atoms with Gasteiger partial charge in [0.05, 0.1) is 0 Å². The molecule has 56 heavy (non-hydrogen) atoms. The number of benzene rings is 10. The molecule has 0 aliphatic heterocycles. The molecule has 1 aromatic heterocycles. The van der Waals surface area contributed by atoms with Gasteiger partial charge in [-0.2, -0.15) is 0 Å². The first-order chi connectivity index (χ1) is 27.7. The minimum Gasteiger partial charge on any atom is -0.455 e. The predicted molar refractivity (Wildman–Crippen MR) is 241 cm³/mol. The lowest BCUT2D eigenvalue weighted by Gasteiger charge is -2.18. The van der Waals surface area contributed by atoms with Crippen molar-refractivity contribution in [2.45, 2.75) is 0 Å². The van der Waals surface area contributed by atoms with Gasteiger partial charge in [0, 0.05) is 20.8 Å². The van der Waals surface area contributed by atoms with Crippen LogP contribution in [-0.2, 0) is 0 Å². The van der Waals surface area contributed by atoms with Crippen molar-refractivity contribution in [2.75, 3.05) is 0 Å². The van der Waals surface area contributed by atoms with Crippen LogP contribution in [0.3, 0.4) is 0 Å². The summed E-state index contributed by atoms with van der Waals surface area (Å²) in [6, 6.07) is 72.5. The molecule has 0 aliphatic rings. The molecular weight excluding hydrogens is 744 g/mol. The molecule has 1 nitrogen and oxygen atoms in total. The molecule has 0 spiro atoms. The molecule has 0 atom stereocenters. The van der Waals surface area contributed by atoms with Crippen molar-refractivity contribution >= 4 is 70.2 Å². The van der Waals surface area contributed by atoms with Gasteiger partial charge >= 0.3 is 0 Å². The van der Waals surface area contributed by atoms with Gasteiger partial charge in [-0.15, -0.1) is 0 Å². The van der Waals surface area contributed by atoms with Gasteiger partial charge in [0.2, 0.25) is 0 Å². The van der Waals surface area contributed by atoms with Crippen LogP contribution in [0.1, 0.15) is 0 Å². The predicted octanol–water partition coefficient (Wildman–Crippen LogP) is 16.1. The summed E-state index contributed by atoms with van der Waals surface area (Å²) < 4.78 is 7.66. The van der Waals surface area contributed by atoms with E-state index in [0.29, 0.717) is 0 Å². The molecule has 262 valence electrons. The summed E-state index contributed by atoms with van der Waals surface area (Å²) in [7, 11) is 0. The van der Waals surface area contributed by atoms with Crippen molar-refractivity contribution < 1.29 is 4.42 Å². The minimum absolute atomic E-state index is 0.894. The second-order valence-corrected chi connectivity index (χ2v) is 15.4. The number of furan rings is 1. The molecule has 2 heteroatoms. The molecule has 0 N–H and O–H groups in total. The van der Waals surface area contributed by atoms with Crippen molar-refractivity contribution in [2.24, 2.45) is 0 Å². The average Bonchev–Trinajstić information content (AvgIpc) is 3.63. The van der Waals surface area contributed by atoms with Gasteiger partial charge in [-0.1, -0.05) is 186 Å². The number of halogens is 1. The molecule has 0 radical (unpaired) electrons. The molecule has 0 bridgehead atoms. The topological polar surface area (TPSA) is 13.1 Å². The Kier molecular flexibility index (Phi) is 7.72. The Labute approximate surface area is 333 Å². The third kappa shape index (κ3) is 5.29. The van der Waals surface area contributed by atoms with E-state index in [1.807, 2.05) is 0 Å². The van der Waals surface area contributed by atoms with Gasteiger partial charge in [-0.25, -0.2) is 0 Å². The van der Waals surface area contributed by atoms with Gasteiger partial charge < -0.3 is 4.42 Å². The van der Waals surface area contributed by atoms with E-state index >= 15 is 0 Å². The first kappa shape index (κ1) is 32.7. The van der Waals surface area contributed by atoms with Gasteiger partial charge in [0.1, 0.15) is 11.2 Å². The zero-order valence-electron chi connectivity index (χ0n) is 30.3. The van der Waals surface area contributed by atoms with Crippen LogP contribution in [0, 0.1) is 0 Å². The zero-order chi connectivity index (χ0) is 37.2. The highest BCUT2D eigenvalue weighted by Crippen LogP contribution is 2.46. The maximum atomic E-state index is 6.59. The lowest BCUT2D eigenvalue weighted by molar-refractivity contribution is 0.670. The molecule has 0 unspecified atom stereocenters. The number of hydrogen-bond acceptors (Lipinski definition) is 1. The van der Waals surface area contributed by atoms with E-state index in [0.717, 1.165) is 37.5 Å². The number of rotatable bonds is 5. The Hall–Kier alpha value is -6.74. The first-order valence-corrected chi connectivity index (χ1v) is 19.8. The summed E-state index contributed by atoms with van der Waals surface area (Å²) in [6.07, 6.45) is 0. The van der Waals surface area contributed by atoms with Crippen molar-refractivity contribution in [1.82, 2.24) is 0 Å². The maximum Gasteiger partial charge on any atom is 0.143 e. The van der Waals surface area contributed by atoms with E-state index in [-0.39, 0.29) is 0 Å². The highest BCUT2D eigenvalue weighted by atomic mass is 79.9. The van der Waals surface area contributed by atoms with Crippen LogP contribution in [0.25, 0.3) is 110 Å². The molecule has 1 heterocycles. The second-order valence-electron chi connectivity index (χ2n) is 14.5. The summed E-state index contributed by atoms with van der Waals surface area (Å²) in [5, 5.41) is 9.65. The van der Waals surface area contributed by atoms with Crippen LogP contribution in [0.5, 0.6) is 0 Å². The SMILES string of the molecule is Brc1cccc(-c2cccc3cccc(-c4cccc(-c5c6ccccc6c(-c6ccc7oc8c(-c9ccccc9)cccc8c7c6)c6ccccc56)c4)c23)c1. The van der Waals surface area contributed by atoms with Crippen LogP contribution in [0.4, 0.5) is 0 Å². The molecule has 0 aliphatic carbocycles. The summed E-state index contributed by atoms with van der Waals surface area (Å²) in [6.45, 7) is 0. The third-order valence-electron chi connectivity index (χ3n) is 11.3. The molecule has 0 fully saturated rings. The van der Waals surface area contributed by atoms with E-state index in [1.54, 1.807) is 0 Å². The van der Waals surface area contributed by atoms with Crippen LogP contribution in [-0.4, -0.2) is 0 Å². The summed E-state index contributed by atoms with van der Waals surface area (Å²) in [4.78, 5) is 0. The Balaban J connectivity index is 1.12. The Morgan fingerprint density at radius 3 is 1.48 bits per heavy atom. The monoisotopic (exact) mass is 776 g/mol. The Bertz CT molecular complexity index is 3260. The fourth-order valence-electron chi connectivity index (χ4n) is 8.87. The van der Waals surface area contributed by atoms with Crippen LogP contribution in [0.2, 0.25) is 0 Å². The van der Waals surface area contributed by atoms with Gasteiger partial charge in [-0.3, -0.25) is 0 Å². The molecule has 0 amide bonds. The first-order valence-electron chi connectivity index (χ1n) is 19.0. The van der Waals surface area contributed by atoms with E-state index in [4.69, 9.17) is 4.42 Å². The molecule has 0 saturated heterocycles. The fraction of sp³-hybridized carbons (Fsp3) is 0. The van der Waals surface area contributed by atoms with Gasteiger partial charge in [-0.05, 0) is 113 Å². The lowest BCUT2D eigenvalue weighted by atomic mass is 9.84. The zero-order valence-corrected chi connectivity index (χ0v) is 31.9. The Morgan fingerprint density at radius 2 is 0.821 bits per heavy atom. The standard InChI is InChI=1S/C54H33BrO/c55-40-20-9-18-37(32-40)42-26-11-16-35-15-10-25-41(51(35)42)36-17-8-19-38(31-36)52-44-21-4-6-23-46(44)53(47-24-7-5-22-45(47)52)39-29-30-50-49(33-39)48-28-12-27-43(54(48)56-50)34-13-2-1-3-14-34/h1-33H. The maximum absolute atomic E-state index is 6.59. The lowest BCUT2D eigenvalue weighted by Crippen LogP contribution is -1.91. The van der Waals surface area contributed by atoms with Gasteiger partial charge in [0.25, 0.3) is 0 Å². The minimum atomic E-state index is 0.894. The van der Waals surface area contributed by atoms with E-state index < -0.39 is 0 Å². The quantitative estimate of drug-likeness (QED) is 0.159. The fourth-order valence-corrected chi connectivity index (χ4v) is 9.27. The summed E-state index contributed by atoms with van der Waals surface area (Å²) in [5.41, 5.74) is 13.8. The number of hydrogen-bond donors (Lipinski definition) is 0. The second kappa shape index (κ2) is 13.2. The molecule has 11 aromatic rings. The van der Waals surface area contributed by atoms with Gasteiger partial charge in [0.15, 0.2) is 0 Å². The van der Waals surface area contributed by atoms with Crippen molar-refractivity contribution in [3.05, 3.63) is 205 Å². The summed E-state index contributed by atoms with van der Waals surface area (Å²) >= 11 is 3.71. The van der Waals surface area contributed by atoms with Crippen LogP contribution in [0.15, 0.2) is 209 Å². The Morgan fingerprint density at radius 1 is 0.321 bits per heavy atom. The third-order valence-corrected chi connectivity index (χ3v) is 11.8. The summed E-state index contributed by atoms with van der Waals surface area (Å²) in [5.74, 6) is 0. The van der Waals surface area contributed by atoms with E-state index in [1.165, 1.54) is 76.8 Å². The van der Waals surface area contributed by atoms with Crippen molar-refractivity contribution in [3.63, 3.8) is 0 Å². The number of fused-ring (bicyclic) bond motifs is 6. The largest absolute Gasteiger partial charge is 0.455 e. The number of para-hydroxylation sites is 1. The molecule has 0 saturated carbocycles. The van der Waals surface area contributed by atoms with E-state index in [2.05, 4.69) is 216 Å². The normalized spacial score (nSPS) is 11.7. The van der Waals surface area contributed by atoms with Crippen LogP contribution < -0.4 is 0 Å². The van der Waals surface area contributed by atoms with E-state index in [9.17, 15) is 0 Å². The average molecular weight is 778 g/mol. The van der Waals surface area contributed by atoms with Crippen molar-refractivity contribution in [3.8, 4) is 55.6 Å².